The number of nitrogens with one attached hydrogen (secondary N) is 1. The van der Waals surface area contributed by atoms with Crippen LogP contribution in [0.4, 0.5) is 0 Å². The summed E-state index contributed by atoms with van der Waals surface area (Å²) in [5, 5.41) is 3.69. The molecule has 0 saturated carbocycles. The Balaban J connectivity index is 2.32. The number of hydrogen-bond donors (Lipinski definition) is 1. The van der Waals surface area contributed by atoms with Crippen molar-refractivity contribution in [1.29, 1.82) is 0 Å². The normalized spacial score (nSPS) is 20.8. The minimum Gasteiger partial charge on any atom is -0.312 e. The van der Waals surface area contributed by atoms with Gasteiger partial charge in [-0.15, -0.1) is 0 Å². The van der Waals surface area contributed by atoms with Crippen LogP contribution in [0.2, 0.25) is 0 Å². The highest BCUT2D eigenvalue weighted by molar-refractivity contribution is 4.80. The molecular formula is C15H33N3. The van der Waals surface area contributed by atoms with Gasteiger partial charge in [0.1, 0.15) is 0 Å². The summed E-state index contributed by atoms with van der Waals surface area (Å²) >= 11 is 0. The predicted octanol–water partition coefficient (Wildman–Crippen LogP) is 2.04. The highest BCUT2D eigenvalue weighted by Gasteiger charge is 2.22. The summed E-state index contributed by atoms with van der Waals surface area (Å²) in [4.78, 5) is 5.21. The van der Waals surface area contributed by atoms with Crippen LogP contribution in [-0.2, 0) is 0 Å². The zero-order valence-corrected chi connectivity index (χ0v) is 13.1. The fourth-order valence-corrected chi connectivity index (χ4v) is 2.58. The zero-order valence-electron chi connectivity index (χ0n) is 13.1. The predicted molar refractivity (Wildman–Crippen MR) is 80.1 cm³/mol. The minimum atomic E-state index is 0.649. The molecule has 3 heteroatoms. The van der Waals surface area contributed by atoms with Gasteiger partial charge in [-0.3, -0.25) is 9.80 Å². The molecule has 0 aromatic rings. The minimum absolute atomic E-state index is 0.649. The summed E-state index contributed by atoms with van der Waals surface area (Å²) < 4.78 is 0. The van der Waals surface area contributed by atoms with Gasteiger partial charge >= 0.3 is 0 Å². The molecule has 1 saturated heterocycles. The molecule has 1 aliphatic rings. The van der Waals surface area contributed by atoms with E-state index < -0.39 is 0 Å². The van der Waals surface area contributed by atoms with Gasteiger partial charge in [-0.1, -0.05) is 20.8 Å². The van der Waals surface area contributed by atoms with Gasteiger partial charge in [-0.25, -0.2) is 0 Å². The summed E-state index contributed by atoms with van der Waals surface area (Å²) in [5.41, 5.74) is 0. The van der Waals surface area contributed by atoms with Crippen molar-refractivity contribution in [3.05, 3.63) is 0 Å². The monoisotopic (exact) mass is 255 g/mol. The molecule has 0 aromatic carbocycles. The van der Waals surface area contributed by atoms with Crippen LogP contribution in [0.5, 0.6) is 0 Å². The Morgan fingerprint density at radius 1 is 1.00 bits per heavy atom. The Kier molecular flexibility index (Phi) is 7.20. The highest BCUT2D eigenvalue weighted by Crippen LogP contribution is 2.09. The van der Waals surface area contributed by atoms with Crippen LogP contribution >= 0.6 is 0 Å². The molecule has 1 atom stereocenters. The molecule has 18 heavy (non-hydrogen) atoms. The molecular weight excluding hydrogens is 222 g/mol. The van der Waals surface area contributed by atoms with Crippen LogP contribution in [0.15, 0.2) is 0 Å². The van der Waals surface area contributed by atoms with Crippen molar-refractivity contribution in [2.75, 3.05) is 39.3 Å². The van der Waals surface area contributed by atoms with Gasteiger partial charge in [0, 0.05) is 44.8 Å². The largest absolute Gasteiger partial charge is 0.312 e. The number of nitrogens with zero attached hydrogens (tertiary/aromatic N) is 2. The van der Waals surface area contributed by atoms with E-state index in [2.05, 4.69) is 49.7 Å². The van der Waals surface area contributed by atoms with E-state index in [0.717, 1.165) is 12.5 Å². The first-order valence-electron chi connectivity index (χ1n) is 7.74. The lowest BCUT2D eigenvalue weighted by Crippen LogP contribution is -2.53. The summed E-state index contributed by atoms with van der Waals surface area (Å²) in [7, 11) is 0. The van der Waals surface area contributed by atoms with Crippen LogP contribution in [0.25, 0.3) is 0 Å². The van der Waals surface area contributed by atoms with Gasteiger partial charge < -0.3 is 5.32 Å². The summed E-state index contributed by atoms with van der Waals surface area (Å²) in [6.07, 6.45) is 1.23. The molecule has 1 fully saturated rings. The van der Waals surface area contributed by atoms with Crippen LogP contribution in [0.1, 0.15) is 41.0 Å². The van der Waals surface area contributed by atoms with Crippen LogP contribution < -0.4 is 5.32 Å². The average molecular weight is 255 g/mol. The standard InChI is InChI=1S/C15H33N3/c1-6-7-16-15(13(2)3)12-17-8-10-18(11-9-17)14(4)5/h13-16H,6-12H2,1-5H3. The molecule has 0 bridgehead atoms. The summed E-state index contributed by atoms with van der Waals surface area (Å²) in [5.74, 6) is 0.722. The van der Waals surface area contributed by atoms with E-state index in [1.807, 2.05) is 0 Å². The van der Waals surface area contributed by atoms with Crippen molar-refractivity contribution in [2.45, 2.75) is 53.1 Å². The SMILES string of the molecule is CCCNC(CN1CCN(C(C)C)CC1)C(C)C. The van der Waals surface area contributed by atoms with Gasteiger partial charge in [0.15, 0.2) is 0 Å². The fraction of sp³-hybridized carbons (Fsp3) is 1.00. The molecule has 0 aliphatic carbocycles. The van der Waals surface area contributed by atoms with Gasteiger partial charge in [0.2, 0.25) is 0 Å². The van der Waals surface area contributed by atoms with Gasteiger partial charge in [0.25, 0.3) is 0 Å². The zero-order chi connectivity index (χ0) is 13.5. The third-order valence-corrected chi connectivity index (χ3v) is 4.05. The molecule has 1 N–H and O–H groups in total. The second-order valence-corrected chi connectivity index (χ2v) is 6.23. The molecule has 0 amide bonds. The third kappa shape index (κ3) is 5.25. The second-order valence-electron chi connectivity index (χ2n) is 6.23. The first-order chi connectivity index (χ1) is 8.54. The van der Waals surface area contributed by atoms with E-state index in [1.54, 1.807) is 0 Å². The van der Waals surface area contributed by atoms with Crippen molar-refractivity contribution in [3.8, 4) is 0 Å². The first kappa shape index (κ1) is 15.9. The molecule has 3 nitrogen and oxygen atoms in total. The van der Waals surface area contributed by atoms with Crippen molar-refractivity contribution in [2.24, 2.45) is 5.92 Å². The second kappa shape index (κ2) is 8.13. The first-order valence-corrected chi connectivity index (χ1v) is 7.74. The lowest BCUT2D eigenvalue weighted by atomic mass is 10.0. The maximum atomic E-state index is 3.69. The van der Waals surface area contributed by atoms with Crippen molar-refractivity contribution in [3.63, 3.8) is 0 Å². The number of hydrogen-bond acceptors (Lipinski definition) is 3. The Hall–Kier alpha value is -0.120. The van der Waals surface area contributed by atoms with E-state index in [4.69, 9.17) is 0 Å². The highest BCUT2D eigenvalue weighted by atomic mass is 15.3. The van der Waals surface area contributed by atoms with Crippen molar-refractivity contribution in [1.82, 2.24) is 15.1 Å². The van der Waals surface area contributed by atoms with E-state index >= 15 is 0 Å². The number of rotatable bonds is 7. The Morgan fingerprint density at radius 2 is 1.61 bits per heavy atom. The van der Waals surface area contributed by atoms with E-state index in [1.165, 1.54) is 39.1 Å². The van der Waals surface area contributed by atoms with Crippen LogP contribution in [-0.4, -0.2) is 61.2 Å². The Morgan fingerprint density at radius 3 is 2.06 bits per heavy atom. The molecule has 1 unspecified atom stereocenters. The summed E-state index contributed by atoms with van der Waals surface area (Å²) in [6.45, 7) is 18.8. The maximum Gasteiger partial charge on any atom is 0.0217 e. The van der Waals surface area contributed by atoms with Gasteiger partial charge in [-0.2, -0.15) is 0 Å². The molecule has 0 radical (unpaired) electrons. The van der Waals surface area contributed by atoms with E-state index in [0.29, 0.717) is 12.1 Å². The topological polar surface area (TPSA) is 18.5 Å². The lowest BCUT2D eigenvalue weighted by Gasteiger charge is -2.39. The van der Waals surface area contributed by atoms with Gasteiger partial charge in [0.05, 0.1) is 0 Å². The fourth-order valence-electron chi connectivity index (χ4n) is 2.58. The van der Waals surface area contributed by atoms with Crippen LogP contribution in [0.3, 0.4) is 0 Å². The van der Waals surface area contributed by atoms with Crippen LogP contribution in [0, 0.1) is 5.92 Å². The maximum absolute atomic E-state index is 3.69. The van der Waals surface area contributed by atoms with E-state index in [9.17, 15) is 0 Å². The smallest absolute Gasteiger partial charge is 0.0217 e. The third-order valence-electron chi connectivity index (χ3n) is 4.05. The molecule has 1 rings (SSSR count). The quantitative estimate of drug-likeness (QED) is 0.751. The molecule has 1 aliphatic heterocycles. The van der Waals surface area contributed by atoms with Crippen molar-refractivity contribution < 1.29 is 0 Å². The molecule has 0 spiro atoms. The van der Waals surface area contributed by atoms with E-state index in [-0.39, 0.29) is 0 Å². The lowest BCUT2D eigenvalue weighted by molar-refractivity contribution is 0.0962. The molecule has 0 aromatic heterocycles. The van der Waals surface area contributed by atoms with Gasteiger partial charge in [-0.05, 0) is 32.7 Å². The Labute approximate surface area is 114 Å². The Bertz CT molecular complexity index is 208. The number of piperazine rings is 1. The molecule has 1 heterocycles. The average Bonchev–Trinajstić information content (AvgIpc) is 2.34. The summed E-state index contributed by atoms with van der Waals surface area (Å²) in [6, 6.07) is 1.35. The molecule has 108 valence electrons. The van der Waals surface area contributed by atoms with Crippen molar-refractivity contribution >= 4 is 0 Å².